The molecule has 0 saturated carbocycles. The molecule has 0 aliphatic carbocycles. The number of aromatic nitrogens is 2. The lowest BCUT2D eigenvalue weighted by Gasteiger charge is -2.35. The molecule has 4 heterocycles. The van der Waals surface area contributed by atoms with Crippen molar-refractivity contribution in [3.63, 3.8) is 0 Å². The maximum absolute atomic E-state index is 5.50. The van der Waals surface area contributed by atoms with Crippen LogP contribution >= 0.6 is 0 Å². The lowest BCUT2D eigenvalue weighted by Crippen LogP contribution is -2.43. The molecule has 3 fully saturated rings. The Morgan fingerprint density at radius 3 is 2.79 bits per heavy atom. The predicted octanol–water partition coefficient (Wildman–Crippen LogP) is 1.43. The number of hydrogen-bond donors (Lipinski definition) is 2. The van der Waals surface area contributed by atoms with Gasteiger partial charge in [-0.25, -0.2) is 0 Å². The molecule has 1 atom stereocenters. The summed E-state index contributed by atoms with van der Waals surface area (Å²) in [5.74, 6) is 2.58. The Hall–Kier alpha value is -1.11. The Bertz CT molecular complexity index is 507. The van der Waals surface area contributed by atoms with Gasteiger partial charge in [-0.1, -0.05) is 0 Å². The Morgan fingerprint density at radius 2 is 1.96 bits per heavy atom. The molecule has 3 aliphatic heterocycles. The molecule has 0 spiro atoms. The fourth-order valence-corrected chi connectivity index (χ4v) is 4.36. The Balaban J connectivity index is 1.34. The molecule has 0 radical (unpaired) electrons. The number of aromatic amines is 1. The normalized spacial score (nSPS) is 27.5. The first kappa shape index (κ1) is 16.4. The third kappa shape index (κ3) is 3.92. The van der Waals surface area contributed by atoms with Gasteiger partial charge in [-0.3, -0.25) is 5.10 Å². The van der Waals surface area contributed by atoms with Crippen LogP contribution in [0.1, 0.15) is 37.3 Å². The third-order valence-corrected chi connectivity index (χ3v) is 5.83. The van der Waals surface area contributed by atoms with Crippen molar-refractivity contribution in [3.8, 4) is 0 Å². The molecule has 1 aromatic rings. The van der Waals surface area contributed by atoms with Crippen LogP contribution in [0.5, 0.6) is 0 Å². The monoisotopic (exact) mass is 333 g/mol. The number of hydrogen-bond acceptors (Lipinski definition) is 5. The van der Waals surface area contributed by atoms with Crippen LogP contribution in [0.25, 0.3) is 0 Å². The number of nitrogens with zero attached hydrogens (tertiary/aromatic N) is 3. The van der Waals surface area contributed by atoms with E-state index in [0.717, 1.165) is 51.1 Å². The van der Waals surface area contributed by atoms with Crippen LogP contribution in [-0.2, 0) is 4.74 Å². The molecule has 0 aromatic carbocycles. The second-order valence-electron chi connectivity index (χ2n) is 7.57. The maximum atomic E-state index is 5.50. The molecule has 3 aliphatic rings. The summed E-state index contributed by atoms with van der Waals surface area (Å²) in [6.07, 6.45) is 5.06. The minimum absolute atomic E-state index is 0.614. The lowest BCUT2D eigenvalue weighted by atomic mass is 9.92. The van der Waals surface area contributed by atoms with E-state index in [9.17, 15) is 0 Å². The van der Waals surface area contributed by atoms with Crippen LogP contribution < -0.4 is 10.2 Å². The summed E-state index contributed by atoms with van der Waals surface area (Å²) in [7, 11) is 0. The predicted molar refractivity (Wildman–Crippen MR) is 95.6 cm³/mol. The number of piperazine rings is 1. The lowest BCUT2D eigenvalue weighted by molar-refractivity contribution is 0.0482. The van der Waals surface area contributed by atoms with E-state index in [1.807, 2.05) is 0 Å². The highest BCUT2D eigenvalue weighted by atomic mass is 16.5. The molecule has 134 valence electrons. The largest absolute Gasteiger partial charge is 0.381 e. The van der Waals surface area contributed by atoms with Crippen molar-refractivity contribution in [2.75, 3.05) is 63.9 Å². The van der Waals surface area contributed by atoms with Gasteiger partial charge in [-0.05, 0) is 38.1 Å². The van der Waals surface area contributed by atoms with Gasteiger partial charge < -0.3 is 19.9 Å². The maximum Gasteiger partial charge on any atom is 0.150 e. The van der Waals surface area contributed by atoms with Crippen molar-refractivity contribution in [2.45, 2.75) is 31.6 Å². The van der Waals surface area contributed by atoms with E-state index in [4.69, 9.17) is 4.74 Å². The number of ether oxygens (including phenoxy) is 1. The van der Waals surface area contributed by atoms with Gasteiger partial charge in [0.15, 0.2) is 5.82 Å². The number of nitrogens with one attached hydrogen (secondary N) is 2. The second kappa shape index (κ2) is 7.85. The highest BCUT2D eigenvalue weighted by Crippen LogP contribution is 2.29. The van der Waals surface area contributed by atoms with Crippen molar-refractivity contribution in [3.05, 3.63) is 11.8 Å². The quantitative estimate of drug-likeness (QED) is 0.873. The van der Waals surface area contributed by atoms with Gasteiger partial charge >= 0.3 is 0 Å². The number of anilines is 1. The van der Waals surface area contributed by atoms with Crippen molar-refractivity contribution >= 4 is 5.82 Å². The van der Waals surface area contributed by atoms with Gasteiger partial charge in [0.2, 0.25) is 0 Å². The molecular weight excluding hydrogens is 302 g/mol. The van der Waals surface area contributed by atoms with Gasteiger partial charge in [0.1, 0.15) is 0 Å². The summed E-state index contributed by atoms with van der Waals surface area (Å²) in [6, 6.07) is 2.30. The van der Waals surface area contributed by atoms with Crippen LogP contribution in [-0.4, -0.2) is 74.1 Å². The summed E-state index contributed by atoms with van der Waals surface area (Å²) < 4.78 is 5.50. The fourth-order valence-electron chi connectivity index (χ4n) is 4.36. The SMILES string of the molecule is c1c(N2CCNCC2)n[nH]c1C1CCCN(CC2CCOCC2)C1. The minimum Gasteiger partial charge on any atom is -0.381 e. The second-order valence-corrected chi connectivity index (χ2v) is 7.57. The molecule has 2 N–H and O–H groups in total. The molecule has 1 unspecified atom stereocenters. The minimum atomic E-state index is 0.614. The van der Waals surface area contributed by atoms with Crippen molar-refractivity contribution in [2.24, 2.45) is 5.92 Å². The van der Waals surface area contributed by atoms with Crippen LogP contribution in [0.2, 0.25) is 0 Å². The van der Waals surface area contributed by atoms with Crippen molar-refractivity contribution in [1.29, 1.82) is 0 Å². The molecular formula is C18H31N5O. The Morgan fingerprint density at radius 1 is 1.12 bits per heavy atom. The zero-order valence-corrected chi connectivity index (χ0v) is 14.7. The van der Waals surface area contributed by atoms with Crippen LogP contribution in [0, 0.1) is 5.92 Å². The Labute approximate surface area is 144 Å². The molecule has 6 heteroatoms. The number of H-pyrrole nitrogens is 1. The van der Waals surface area contributed by atoms with Crippen LogP contribution in [0.15, 0.2) is 6.07 Å². The number of likely N-dealkylation sites (tertiary alicyclic amines) is 1. The van der Waals surface area contributed by atoms with Gasteiger partial charge in [0.25, 0.3) is 0 Å². The number of piperidine rings is 1. The third-order valence-electron chi connectivity index (χ3n) is 5.83. The van der Waals surface area contributed by atoms with Gasteiger partial charge in [-0.15, -0.1) is 0 Å². The zero-order valence-electron chi connectivity index (χ0n) is 14.7. The van der Waals surface area contributed by atoms with E-state index < -0.39 is 0 Å². The average Bonchev–Trinajstić information content (AvgIpc) is 3.14. The van der Waals surface area contributed by atoms with E-state index in [2.05, 4.69) is 31.4 Å². The molecule has 1 aromatic heterocycles. The highest BCUT2D eigenvalue weighted by molar-refractivity contribution is 5.40. The van der Waals surface area contributed by atoms with Crippen LogP contribution in [0.3, 0.4) is 0 Å². The van der Waals surface area contributed by atoms with E-state index in [1.165, 1.54) is 51.0 Å². The summed E-state index contributed by atoms with van der Waals surface area (Å²) >= 11 is 0. The summed E-state index contributed by atoms with van der Waals surface area (Å²) in [5.41, 5.74) is 1.33. The first-order valence-electron chi connectivity index (χ1n) is 9.69. The number of rotatable bonds is 4. The van der Waals surface area contributed by atoms with E-state index in [-0.39, 0.29) is 0 Å². The topological polar surface area (TPSA) is 56.4 Å². The first-order valence-corrected chi connectivity index (χ1v) is 9.69. The van der Waals surface area contributed by atoms with Gasteiger partial charge in [-0.2, -0.15) is 5.10 Å². The molecule has 24 heavy (non-hydrogen) atoms. The average molecular weight is 333 g/mol. The zero-order chi connectivity index (χ0) is 16.2. The van der Waals surface area contributed by atoms with Gasteiger partial charge in [0, 0.05) is 70.2 Å². The van der Waals surface area contributed by atoms with E-state index in [0.29, 0.717) is 5.92 Å². The summed E-state index contributed by atoms with van der Waals surface area (Å²) in [5, 5.41) is 11.3. The molecule has 4 rings (SSSR count). The van der Waals surface area contributed by atoms with E-state index >= 15 is 0 Å². The van der Waals surface area contributed by atoms with Crippen molar-refractivity contribution in [1.82, 2.24) is 20.4 Å². The Kier molecular flexibility index (Phi) is 5.35. The molecule has 6 nitrogen and oxygen atoms in total. The van der Waals surface area contributed by atoms with E-state index in [1.54, 1.807) is 0 Å². The van der Waals surface area contributed by atoms with Crippen molar-refractivity contribution < 1.29 is 4.74 Å². The summed E-state index contributed by atoms with van der Waals surface area (Å²) in [4.78, 5) is 5.06. The summed E-state index contributed by atoms with van der Waals surface area (Å²) in [6.45, 7) is 9.84. The van der Waals surface area contributed by atoms with Crippen LogP contribution in [0.4, 0.5) is 5.82 Å². The highest BCUT2D eigenvalue weighted by Gasteiger charge is 2.26. The molecule has 0 bridgehead atoms. The molecule has 3 saturated heterocycles. The smallest absolute Gasteiger partial charge is 0.150 e. The first-order chi connectivity index (χ1) is 11.9. The standard InChI is InChI=1S/C18H31N5O/c1-2-16(14-22(7-1)13-15-3-10-24-11-4-15)17-12-18(21-20-17)23-8-5-19-6-9-23/h12,15-16,19H,1-11,13-14H2,(H,20,21). The van der Waals surface area contributed by atoms with Gasteiger partial charge in [0.05, 0.1) is 0 Å². The fraction of sp³-hybridized carbons (Fsp3) is 0.833. The molecule has 0 amide bonds.